The second-order valence-electron chi connectivity index (χ2n) is 6.13. The molecule has 0 unspecified atom stereocenters. The molecule has 0 radical (unpaired) electrons. The summed E-state index contributed by atoms with van der Waals surface area (Å²) >= 11 is 7.45. The maximum absolute atomic E-state index is 12.5. The minimum atomic E-state index is -0.293. The van der Waals surface area contributed by atoms with Crippen LogP contribution in [-0.2, 0) is 0 Å². The zero-order valence-corrected chi connectivity index (χ0v) is 18.2. The van der Waals surface area contributed by atoms with Crippen molar-refractivity contribution in [2.75, 3.05) is 20.8 Å². The summed E-state index contributed by atoms with van der Waals surface area (Å²) in [6.07, 6.45) is 3.09. The first-order valence-electron chi connectivity index (χ1n) is 9.06. The van der Waals surface area contributed by atoms with Crippen LogP contribution in [0.25, 0.3) is 12.2 Å². The molecule has 2 aromatic carbocycles. The Labute approximate surface area is 182 Å². The molecule has 0 bridgehead atoms. The summed E-state index contributed by atoms with van der Waals surface area (Å²) < 4.78 is 16.8. The average molecular weight is 446 g/mol. The van der Waals surface area contributed by atoms with Crippen LogP contribution in [0.4, 0.5) is 0 Å². The lowest BCUT2D eigenvalue weighted by Crippen LogP contribution is -2.20. The van der Waals surface area contributed by atoms with E-state index in [2.05, 4.69) is 4.98 Å². The second-order valence-corrected chi connectivity index (χ2v) is 7.62. The zero-order valence-electron chi connectivity index (χ0n) is 16.7. The van der Waals surface area contributed by atoms with Gasteiger partial charge in [0.1, 0.15) is 5.75 Å². The topological polar surface area (TPSA) is 77.6 Å². The Balaban J connectivity index is 1.97. The fourth-order valence-electron chi connectivity index (χ4n) is 2.77. The standard InChI is InChI=1S/C22H20ClNO5S/c1-4-29-18-10-13(9-16(23)21(18)28-3)11-19-22(26)24-20(30-19)12-17(25)14-5-7-15(27-2)8-6-14/h5-12H,4H2,1-3H3,(H,24,26)/b19-11+,20-12-. The van der Waals surface area contributed by atoms with E-state index in [1.165, 1.54) is 24.5 Å². The number of aromatic amines is 1. The van der Waals surface area contributed by atoms with Crippen molar-refractivity contribution in [3.63, 3.8) is 0 Å². The van der Waals surface area contributed by atoms with Crippen molar-refractivity contribution in [2.24, 2.45) is 0 Å². The number of rotatable bonds is 7. The Morgan fingerprint density at radius 1 is 1.17 bits per heavy atom. The molecule has 0 aliphatic rings. The number of ketones is 1. The number of benzene rings is 2. The molecule has 6 nitrogen and oxygen atoms in total. The van der Waals surface area contributed by atoms with Crippen LogP contribution in [0.2, 0.25) is 5.02 Å². The molecule has 1 heterocycles. The number of Topliss-reactive ketones (excluding diaryl/α,β-unsaturated/α-hetero) is 1. The van der Waals surface area contributed by atoms with Gasteiger partial charge in [-0.3, -0.25) is 9.59 Å². The van der Waals surface area contributed by atoms with Gasteiger partial charge in [-0.15, -0.1) is 11.3 Å². The van der Waals surface area contributed by atoms with Crippen molar-refractivity contribution in [3.05, 3.63) is 72.1 Å². The van der Waals surface area contributed by atoms with Crippen molar-refractivity contribution >= 4 is 40.9 Å². The molecule has 0 saturated carbocycles. The van der Waals surface area contributed by atoms with Gasteiger partial charge in [-0.1, -0.05) is 11.6 Å². The molecule has 0 aliphatic heterocycles. The predicted molar refractivity (Wildman–Crippen MR) is 119 cm³/mol. The summed E-state index contributed by atoms with van der Waals surface area (Å²) in [6.45, 7) is 2.30. The Hall–Kier alpha value is -3.03. The second kappa shape index (κ2) is 9.65. The summed E-state index contributed by atoms with van der Waals surface area (Å²) in [5.74, 6) is 1.38. The van der Waals surface area contributed by atoms with Gasteiger partial charge in [0.05, 0.1) is 35.0 Å². The lowest BCUT2D eigenvalue weighted by Gasteiger charge is -2.11. The first-order chi connectivity index (χ1) is 14.4. The summed E-state index contributed by atoms with van der Waals surface area (Å²) in [4.78, 5) is 27.5. The minimum absolute atomic E-state index is 0.215. The number of carbonyl (C=O) groups is 1. The molecule has 0 aliphatic carbocycles. The van der Waals surface area contributed by atoms with Crippen LogP contribution >= 0.6 is 22.9 Å². The molecule has 1 aromatic heterocycles. The Kier molecular flexibility index (Phi) is 6.97. The number of nitrogens with one attached hydrogen (secondary N) is 1. The van der Waals surface area contributed by atoms with E-state index >= 15 is 0 Å². The van der Waals surface area contributed by atoms with Crippen LogP contribution in [0, 0.1) is 0 Å². The fourth-order valence-corrected chi connectivity index (χ4v) is 3.95. The van der Waals surface area contributed by atoms with Crippen molar-refractivity contribution in [1.29, 1.82) is 0 Å². The molecule has 3 rings (SSSR count). The number of aromatic nitrogens is 1. The Morgan fingerprint density at radius 3 is 2.53 bits per heavy atom. The molecular formula is C22H20ClNO5S. The van der Waals surface area contributed by atoms with Crippen LogP contribution in [-0.4, -0.2) is 31.6 Å². The van der Waals surface area contributed by atoms with Gasteiger partial charge in [-0.05, 0) is 55.0 Å². The summed E-state index contributed by atoms with van der Waals surface area (Å²) in [5, 5.41) is 0.379. The van der Waals surface area contributed by atoms with Gasteiger partial charge in [0.15, 0.2) is 17.3 Å². The van der Waals surface area contributed by atoms with E-state index in [1.54, 1.807) is 49.6 Å². The highest BCUT2D eigenvalue weighted by molar-refractivity contribution is 7.07. The van der Waals surface area contributed by atoms with Gasteiger partial charge in [-0.2, -0.15) is 0 Å². The van der Waals surface area contributed by atoms with Gasteiger partial charge in [-0.25, -0.2) is 0 Å². The van der Waals surface area contributed by atoms with Gasteiger partial charge in [0.25, 0.3) is 5.56 Å². The molecule has 1 N–H and O–H groups in total. The molecule has 0 amide bonds. The molecule has 0 atom stereocenters. The minimum Gasteiger partial charge on any atom is -0.497 e. The molecule has 156 valence electrons. The van der Waals surface area contributed by atoms with Gasteiger partial charge in [0.2, 0.25) is 0 Å². The summed E-state index contributed by atoms with van der Waals surface area (Å²) in [5.41, 5.74) is 0.891. The van der Waals surface area contributed by atoms with E-state index in [9.17, 15) is 9.59 Å². The van der Waals surface area contributed by atoms with E-state index in [-0.39, 0.29) is 11.3 Å². The van der Waals surface area contributed by atoms with E-state index in [1.807, 2.05) is 6.92 Å². The number of halogens is 1. The highest BCUT2D eigenvalue weighted by Crippen LogP contribution is 2.36. The van der Waals surface area contributed by atoms with Gasteiger partial charge < -0.3 is 19.2 Å². The molecule has 30 heavy (non-hydrogen) atoms. The average Bonchev–Trinajstić information content (AvgIpc) is 3.06. The van der Waals surface area contributed by atoms with Gasteiger partial charge >= 0.3 is 0 Å². The monoisotopic (exact) mass is 445 g/mol. The maximum atomic E-state index is 12.5. The van der Waals surface area contributed by atoms with Crippen molar-refractivity contribution in [3.8, 4) is 17.2 Å². The van der Waals surface area contributed by atoms with Crippen molar-refractivity contribution < 1.29 is 19.0 Å². The van der Waals surface area contributed by atoms with Crippen molar-refractivity contribution in [1.82, 2.24) is 4.98 Å². The number of H-pyrrole nitrogens is 1. The first-order valence-corrected chi connectivity index (χ1v) is 10.3. The largest absolute Gasteiger partial charge is 0.497 e. The molecule has 3 aromatic rings. The normalized spacial score (nSPS) is 12.1. The summed E-state index contributed by atoms with van der Waals surface area (Å²) in [7, 11) is 3.07. The quantitative estimate of drug-likeness (QED) is 0.566. The van der Waals surface area contributed by atoms with Crippen molar-refractivity contribution in [2.45, 2.75) is 6.92 Å². The smallest absolute Gasteiger partial charge is 0.266 e. The number of methoxy groups -OCH3 is 2. The molecule has 8 heteroatoms. The number of ether oxygens (including phenoxy) is 3. The Morgan fingerprint density at radius 2 is 1.90 bits per heavy atom. The summed E-state index contributed by atoms with van der Waals surface area (Å²) in [6, 6.07) is 10.2. The van der Waals surface area contributed by atoms with Gasteiger partial charge in [0, 0.05) is 11.6 Å². The lowest BCUT2D eigenvalue weighted by molar-refractivity contribution is 0.106. The Bertz CT molecular complexity index is 1230. The number of carbonyl (C=O) groups excluding carboxylic acids is 1. The third kappa shape index (κ3) is 4.93. The van der Waals surface area contributed by atoms with E-state index in [4.69, 9.17) is 25.8 Å². The van der Waals surface area contributed by atoms with Crippen LogP contribution in [0.3, 0.4) is 0 Å². The molecule has 0 saturated heterocycles. The van der Waals surface area contributed by atoms with Crippen LogP contribution in [0.1, 0.15) is 22.8 Å². The fraction of sp³-hybridized carbons (Fsp3) is 0.182. The van der Waals surface area contributed by atoms with E-state index in [0.29, 0.717) is 49.2 Å². The van der Waals surface area contributed by atoms with E-state index in [0.717, 1.165) is 0 Å². The first kappa shape index (κ1) is 21.7. The zero-order chi connectivity index (χ0) is 21.7. The number of thiazole rings is 1. The molecule has 0 spiro atoms. The number of hydrogen-bond donors (Lipinski definition) is 1. The van der Waals surface area contributed by atoms with Crippen LogP contribution in [0.5, 0.6) is 17.2 Å². The molecular weight excluding hydrogens is 426 g/mol. The third-order valence-electron chi connectivity index (χ3n) is 4.15. The predicted octanol–water partition coefficient (Wildman–Crippen LogP) is 3.00. The lowest BCUT2D eigenvalue weighted by atomic mass is 10.1. The number of hydrogen-bond acceptors (Lipinski definition) is 6. The SMILES string of the molecule is CCOc1cc(/C=c2/s/c(=C\C(=O)c3ccc(OC)cc3)[nH]c2=O)cc(Cl)c1OC. The third-order valence-corrected chi connectivity index (χ3v) is 5.39. The van der Waals surface area contributed by atoms with E-state index < -0.39 is 0 Å². The maximum Gasteiger partial charge on any atom is 0.266 e. The van der Waals surface area contributed by atoms with Crippen LogP contribution < -0.4 is 29.0 Å². The molecule has 0 fully saturated rings. The highest BCUT2D eigenvalue weighted by Gasteiger charge is 2.11. The highest BCUT2D eigenvalue weighted by atomic mass is 35.5. The van der Waals surface area contributed by atoms with Crippen LogP contribution in [0.15, 0.2) is 41.2 Å².